The first-order valence-electron chi connectivity index (χ1n) is 4.85. The lowest BCUT2D eigenvalue weighted by Gasteiger charge is -2.10. The number of rotatable bonds is 4. The summed E-state index contributed by atoms with van der Waals surface area (Å²) in [6, 6.07) is 4.41. The molecule has 0 atom stereocenters. The SMILES string of the molecule is CCC(=O)c1ccc(CBr)c(SC(F)(F)F)c1. The standard InChI is InChI=1S/C11H10BrF3OS/c1-2-9(16)7-3-4-8(6-12)10(5-7)17-11(13,14)15/h3-5H,2,6H2,1H3. The largest absolute Gasteiger partial charge is 0.446 e. The van der Waals surface area contributed by atoms with Crippen LogP contribution in [0.1, 0.15) is 29.3 Å². The van der Waals surface area contributed by atoms with Crippen LogP contribution in [-0.2, 0) is 5.33 Å². The summed E-state index contributed by atoms with van der Waals surface area (Å²) >= 11 is 2.94. The van der Waals surface area contributed by atoms with Crippen molar-refractivity contribution in [3.63, 3.8) is 0 Å². The number of Topliss-reactive ketones (excluding diaryl/α,β-unsaturated/α-hetero) is 1. The molecule has 0 N–H and O–H groups in total. The lowest BCUT2D eigenvalue weighted by molar-refractivity contribution is -0.0328. The normalized spacial score (nSPS) is 11.6. The van der Waals surface area contributed by atoms with Gasteiger partial charge in [-0.2, -0.15) is 13.2 Å². The van der Waals surface area contributed by atoms with Gasteiger partial charge in [0.1, 0.15) is 0 Å². The Morgan fingerprint density at radius 3 is 2.53 bits per heavy atom. The zero-order chi connectivity index (χ0) is 13.1. The summed E-state index contributed by atoms with van der Waals surface area (Å²) in [6.07, 6.45) is 0.282. The average Bonchev–Trinajstić information content (AvgIpc) is 2.25. The Morgan fingerprint density at radius 1 is 1.41 bits per heavy atom. The Bertz CT molecular complexity index is 418. The number of halogens is 4. The zero-order valence-corrected chi connectivity index (χ0v) is 11.4. The summed E-state index contributed by atoms with van der Waals surface area (Å²) in [5.41, 5.74) is -3.49. The quantitative estimate of drug-likeness (QED) is 0.449. The van der Waals surface area contributed by atoms with E-state index >= 15 is 0 Å². The number of carbonyl (C=O) groups is 1. The molecule has 0 fully saturated rings. The van der Waals surface area contributed by atoms with Crippen LogP contribution in [0.5, 0.6) is 0 Å². The van der Waals surface area contributed by atoms with Gasteiger partial charge in [0.25, 0.3) is 0 Å². The van der Waals surface area contributed by atoms with Crippen molar-refractivity contribution in [1.29, 1.82) is 0 Å². The highest BCUT2D eigenvalue weighted by molar-refractivity contribution is 9.08. The third kappa shape index (κ3) is 4.35. The van der Waals surface area contributed by atoms with Crippen LogP contribution in [0.3, 0.4) is 0 Å². The molecule has 0 saturated heterocycles. The van der Waals surface area contributed by atoms with Gasteiger partial charge in [-0.3, -0.25) is 4.79 Å². The number of benzene rings is 1. The number of ketones is 1. The van der Waals surface area contributed by atoms with Crippen LogP contribution in [0.2, 0.25) is 0 Å². The summed E-state index contributed by atoms with van der Waals surface area (Å²) in [5.74, 6) is -0.157. The predicted molar refractivity (Wildman–Crippen MR) is 65.6 cm³/mol. The molecule has 0 unspecified atom stereocenters. The Balaban J connectivity index is 3.11. The van der Waals surface area contributed by atoms with Crippen LogP contribution >= 0.6 is 27.7 Å². The highest BCUT2D eigenvalue weighted by atomic mass is 79.9. The molecule has 0 aliphatic heterocycles. The van der Waals surface area contributed by atoms with E-state index in [1.54, 1.807) is 19.1 Å². The molecule has 94 valence electrons. The van der Waals surface area contributed by atoms with E-state index in [9.17, 15) is 18.0 Å². The minimum atomic E-state index is -4.34. The van der Waals surface area contributed by atoms with Crippen molar-refractivity contribution in [2.75, 3.05) is 0 Å². The van der Waals surface area contributed by atoms with E-state index in [2.05, 4.69) is 15.9 Å². The summed E-state index contributed by atoms with van der Waals surface area (Å²) in [4.78, 5) is 11.5. The molecule has 0 amide bonds. The van der Waals surface area contributed by atoms with Crippen LogP contribution in [0.15, 0.2) is 23.1 Å². The van der Waals surface area contributed by atoms with Gasteiger partial charge in [-0.1, -0.05) is 35.0 Å². The Kier molecular flexibility index (Phi) is 5.06. The molecule has 1 rings (SSSR count). The van der Waals surface area contributed by atoms with E-state index in [0.29, 0.717) is 16.5 Å². The van der Waals surface area contributed by atoms with Crippen LogP contribution in [0.25, 0.3) is 0 Å². The van der Waals surface area contributed by atoms with Crippen molar-refractivity contribution in [2.45, 2.75) is 29.1 Å². The van der Waals surface area contributed by atoms with Crippen molar-refractivity contribution in [3.8, 4) is 0 Å². The molecule has 0 radical (unpaired) electrons. The second-order valence-corrected chi connectivity index (χ2v) is 4.95. The first-order chi connectivity index (χ1) is 7.87. The van der Waals surface area contributed by atoms with E-state index in [1.807, 2.05) is 0 Å². The van der Waals surface area contributed by atoms with Crippen molar-refractivity contribution in [3.05, 3.63) is 29.3 Å². The molecule has 1 aromatic rings. The van der Waals surface area contributed by atoms with Crippen LogP contribution in [-0.4, -0.2) is 11.3 Å². The topological polar surface area (TPSA) is 17.1 Å². The van der Waals surface area contributed by atoms with E-state index < -0.39 is 5.51 Å². The van der Waals surface area contributed by atoms with Gasteiger partial charge in [0, 0.05) is 22.2 Å². The molecule has 0 aromatic heterocycles. The smallest absolute Gasteiger partial charge is 0.294 e. The fraction of sp³-hybridized carbons (Fsp3) is 0.364. The molecular formula is C11H10BrF3OS. The van der Waals surface area contributed by atoms with Crippen molar-refractivity contribution in [2.24, 2.45) is 0 Å². The fourth-order valence-electron chi connectivity index (χ4n) is 1.26. The van der Waals surface area contributed by atoms with Gasteiger partial charge in [0.2, 0.25) is 0 Å². The van der Waals surface area contributed by atoms with E-state index in [0.717, 1.165) is 0 Å². The third-order valence-electron chi connectivity index (χ3n) is 2.08. The van der Waals surface area contributed by atoms with Gasteiger partial charge < -0.3 is 0 Å². The van der Waals surface area contributed by atoms with Crippen molar-refractivity contribution < 1.29 is 18.0 Å². The highest BCUT2D eigenvalue weighted by Crippen LogP contribution is 2.39. The van der Waals surface area contributed by atoms with Gasteiger partial charge >= 0.3 is 5.51 Å². The number of alkyl halides is 4. The molecule has 0 bridgehead atoms. The van der Waals surface area contributed by atoms with E-state index in [4.69, 9.17) is 0 Å². The summed E-state index contributed by atoms with van der Waals surface area (Å²) in [7, 11) is 0. The lowest BCUT2D eigenvalue weighted by Crippen LogP contribution is -2.03. The highest BCUT2D eigenvalue weighted by Gasteiger charge is 2.30. The Morgan fingerprint density at radius 2 is 2.06 bits per heavy atom. The number of hydrogen-bond donors (Lipinski definition) is 0. The molecule has 0 heterocycles. The average molecular weight is 327 g/mol. The lowest BCUT2D eigenvalue weighted by atomic mass is 10.1. The first-order valence-corrected chi connectivity index (χ1v) is 6.79. The van der Waals surface area contributed by atoms with Gasteiger partial charge in [-0.05, 0) is 23.4 Å². The maximum absolute atomic E-state index is 12.3. The van der Waals surface area contributed by atoms with Gasteiger partial charge in [0.05, 0.1) is 0 Å². The van der Waals surface area contributed by atoms with Gasteiger partial charge in [0.15, 0.2) is 5.78 Å². The second kappa shape index (κ2) is 5.91. The molecule has 0 aliphatic rings. The van der Waals surface area contributed by atoms with Gasteiger partial charge in [-0.25, -0.2) is 0 Å². The van der Waals surface area contributed by atoms with Crippen molar-refractivity contribution >= 4 is 33.5 Å². The zero-order valence-electron chi connectivity index (χ0n) is 8.97. The molecular weight excluding hydrogens is 317 g/mol. The third-order valence-corrected chi connectivity index (χ3v) is 3.52. The summed E-state index contributed by atoms with van der Waals surface area (Å²) in [6.45, 7) is 1.68. The fourth-order valence-corrected chi connectivity index (χ4v) is 2.64. The Labute approximate surface area is 110 Å². The minimum absolute atomic E-state index is 0.0775. The number of hydrogen-bond acceptors (Lipinski definition) is 2. The number of carbonyl (C=O) groups excluding carboxylic acids is 1. The molecule has 1 aromatic carbocycles. The van der Waals surface area contributed by atoms with Crippen LogP contribution in [0, 0.1) is 0 Å². The maximum Gasteiger partial charge on any atom is 0.446 e. The predicted octanol–water partition coefficient (Wildman–Crippen LogP) is 4.79. The molecule has 17 heavy (non-hydrogen) atoms. The molecule has 0 spiro atoms. The minimum Gasteiger partial charge on any atom is -0.294 e. The monoisotopic (exact) mass is 326 g/mol. The molecule has 0 aliphatic carbocycles. The Hall–Kier alpha value is -0.490. The molecule has 0 saturated carbocycles. The van der Waals surface area contributed by atoms with Crippen molar-refractivity contribution in [1.82, 2.24) is 0 Å². The van der Waals surface area contributed by atoms with Crippen LogP contribution < -0.4 is 0 Å². The van der Waals surface area contributed by atoms with E-state index in [1.165, 1.54) is 6.07 Å². The maximum atomic E-state index is 12.3. The van der Waals surface area contributed by atoms with Crippen LogP contribution in [0.4, 0.5) is 13.2 Å². The second-order valence-electron chi connectivity index (χ2n) is 3.28. The van der Waals surface area contributed by atoms with Gasteiger partial charge in [-0.15, -0.1) is 0 Å². The number of thioether (sulfide) groups is 1. The summed E-state index contributed by atoms with van der Waals surface area (Å²) in [5, 5.41) is 0.325. The summed E-state index contributed by atoms with van der Waals surface area (Å²) < 4.78 is 37.0. The molecule has 6 heteroatoms. The molecule has 1 nitrogen and oxygen atoms in total. The first kappa shape index (κ1) is 14.6. The van der Waals surface area contributed by atoms with E-state index in [-0.39, 0.29) is 28.9 Å².